The van der Waals surface area contributed by atoms with Crippen LogP contribution in [0.5, 0.6) is 0 Å². The second-order valence-corrected chi connectivity index (χ2v) is 2.74. The van der Waals surface area contributed by atoms with Crippen molar-refractivity contribution < 1.29 is 4.39 Å². The van der Waals surface area contributed by atoms with Gasteiger partial charge in [0.1, 0.15) is 0 Å². The Hall–Kier alpha value is -1.30. The molecule has 1 N–H and O–H groups in total. The lowest BCUT2D eigenvalue weighted by Gasteiger charge is -1.97. The predicted molar refractivity (Wildman–Crippen MR) is 42.9 cm³/mol. The van der Waals surface area contributed by atoms with Crippen molar-refractivity contribution in [3.8, 4) is 0 Å². The van der Waals surface area contributed by atoms with Crippen LogP contribution < -0.4 is 0 Å². The predicted octanol–water partition coefficient (Wildman–Crippen LogP) is 1.23. The highest BCUT2D eigenvalue weighted by Gasteiger charge is 2.05. The molecule has 0 unspecified atom stereocenters. The molecule has 0 aliphatic rings. The molecule has 2 aromatic rings. The van der Waals surface area contributed by atoms with E-state index in [0.717, 1.165) is 6.20 Å². The van der Waals surface area contributed by atoms with Crippen molar-refractivity contribution >= 4 is 18.0 Å². The van der Waals surface area contributed by atoms with Crippen molar-refractivity contribution in [2.45, 2.75) is 6.92 Å². The van der Waals surface area contributed by atoms with Crippen molar-refractivity contribution in [3.63, 3.8) is 0 Å². The molecule has 0 radical (unpaired) electrons. The first-order valence-electron chi connectivity index (χ1n) is 3.28. The summed E-state index contributed by atoms with van der Waals surface area (Å²) in [7, 11) is 0. The Balaban J connectivity index is 3.06. The van der Waals surface area contributed by atoms with E-state index in [4.69, 9.17) is 12.2 Å². The number of fused-ring (bicyclic) bond motifs is 1. The van der Waals surface area contributed by atoms with E-state index < -0.39 is 0 Å². The number of hydrogen-bond acceptors (Lipinski definition) is 3. The van der Waals surface area contributed by atoms with Gasteiger partial charge in [-0.15, -0.1) is 5.10 Å². The summed E-state index contributed by atoms with van der Waals surface area (Å²) in [6.07, 6.45) is 1.13. The monoisotopic (exact) mass is 184 g/mol. The van der Waals surface area contributed by atoms with Crippen LogP contribution >= 0.6 is 12.2 Å². The van der Waals surface area contributed by atoms with Crippen LogP contribution in [0.25, 0.3) is 5.78 Å². The second kappa shape index (κ2) is 2.34. The highest BCUT2D eigenvalue weighted by Crippen LogP contribution is 2.06. The van der Waals surface area contributed by atoms with Gasteiger partial charge in [0.25, 0.3) is 5.78 Å². The zero-order chi connectivity index (χ0) is 8.72. The fourth-order valence-electron chi connectivity index (χ4n) is 0.992. The van der Waals surface area contributed by atoms with E-state index in [1.165, 1.54) is 4.40 Å². The molecule has 12 heavy (non-hydrogen) atoms. The van der Waals surface area contributed by atoms with Gasteiger partial charge in [-0.05, 0) is 19.1 Å². The number of H-pyrrole nitrogens is 1. The molecule has 6 heteroatoms. The first kappa shape index (κ1) is 7.35. The zero-order valence-electron chi connectivity index (χ0n) is 6.21. The molecule has 0 aliphatic carbocycles. The number of nitrogens with zero attached hydrogens (tertiary/aromatic N) is 3. The van der Waals surface area contributed by atoms with Crippen LogP contribution in [-0.2, 0) is 0 Å². The summed E-state index contributed by atoms with van der Waals surface area (Å²) < 4.78 is 14.7. The molecule has 0 spiro atoms. The van der Waals surface area contributed by atoms with Crippen molar-refractivity contribution in [2.75, 3.05) is 0 Å². The fraction of sp³-hybridized carbons (Fsp3) is 0.167. The van der Waals surface area contributed by atoms with E-state index in [2.05, 4.69) is 15.2 Å². The Morgan fingerprint density at radius 3 is 3.17 bits per heavy atom. The lowest BCUT2D eigenvalue weighted by molar-refractivity contribution is 0.598. The molecule has 62 valence electrons. The minimum atomic E-state index is -0.389. The van der Waals surface area contributed by atoms with Crippen LogP contribution in [0.15, 0.2) is 6.20 Å². The second-order valence-electron chi connectivity index (χ2n) is 2.36. The summed E-state index contributed by atoms with van der Waals surface area (Å²) in [5.74, 6) is -0.00102. The Kier molecular flexibility index (Phi) is 1.44. The van der Waals surface area contributed by atoms with Crippen LogP contribution in [0, 0.1) is 17.5 Å². The van der Waals surface area contributed by atoms with Crippen molar-refractivity contribution in [3.05, 3.63) is 22.5 Å². The van der Waals surface area contributed by atoms with E-state index in [1.807, 2.05) is 0 Å². The standard InChI is InChI=1S/C6H5FN4S/c1-3-4(7)2-8-5-9-10-6(12)11(3)5/h2H,1H3,(H,10,12). The maximum absolute atomic E-state index is 12.9. The molecule has 4 nitrogen and oxygen atoms in total. The topological polar surface area (TPSA) is 46.0 Å². The molecule has 0 aliphatic heterocycles. The first-order chi connectivity index (χ1) is 5.70. The van der Waals surface area contributed by atoms with Crippen LogP contribution in [0.4, 0.5) is 4.39 Å². The minimum Gasteiger partial charge on any atom is -0.254 e. The molecular formula is C6H5FN4S. The molecule has 2 heterocycles. The molecule has 0 saturated heterocycles. The van der Waals surface area contributed by atoms with Gasteiger partial charge in [-0.2, -0.15) is 0 Å². The molecule has 2 rings (SSSR count). The van der Waals surface area contributed by atoms with Gasteiger partial charge in [0.15, 0.2) is 5.82 Å². The third-order valence-electron chi connectivity index (χ3n) is 1.63. The van der Waals surface area contributed by atoms with Gasteiger partial charge < -0.3 is 0 Å². The van der Waals surface area contributed by atoms with Crippen molar-refractivity contribution in [2.24, 2.45) is 0 Å². The molecule has 0 bridgehead atoms. The van der Waals surface area contributed by atoms with Crippen LogP contribution in [-0.4, -0.2) is 19.6 Å². The fourth-order valence-corrected chi connectivity index (χ4v) is 1.26. The highest BCUT2D eigenvalue weighted by atomic mass is 32.1. The number of halogens is 1. The molecule has 0 atom stereocenters. The quantitative estimate of drug-likeness (QED) is 0.626. The number of rotatable bonds is 0. The minimum absolute atomic E-state index is 0.356. The Labute approximate surface area is 72.1 Å². The summed E-state index contributed by atoms with van der Waals surface area (Å²) in [6, 6.07) is 0. The largest absolute Gasteiger partial charge is 0.254 e. The Morgan fingerprint density at radius 2 is 2.42 bits per heavy atom. The normalized spacial score (nSPS) is 10.8. The summed E-state index contributed by atoms with van der Waals surface area (Å²) in [4.78, 5) is 3.74. The molecule has 0 amide bonds. The molecule has 0 fully saturated rings. The third kappa shape index (κ3) is 0.845. The zero-order valence-corrected chi connectivity index (χ0v) is 7.02. The first-order valence-corrected chi connectivity index (χ1v) is 3.69. The molecular weight excluding hydrogens is 179 g/mol. The highest BCUT2D eigenvalue weighted by molar-refractivity contribution is 7.71. The number of aromatic nitrogens is 4. The maximum atomic E-state index is 12.9. The van der Waals surface area contributed by atoms with E-state index in [0.29, 0.717) is 16.2 Å². The summed E-state index contributed by atoms with van der Waals surface area (Å²) in [5, 5.41) is 6.32. The van der Waals surface area contributed by atoms with Gasteiger partial charge in [0.05, 0.1) is 11.9 Å². The van der Waals surface area contributed by atoms with Gasteiger partial charge >= 0.3 is 0 Å². The maximum Gasteiger partial charge on any atom is 0.253 e. The van der Waals surface area contributed by atoms with E-state index >= 15 is 0 Å². The third-order valence-corrected chi connectivity index (χ3v) is 1.90. The van der Waals surface area contributed by atoms with Crippen molar-refractivity contribution in [1.29, 1.82) is 0 Å². The van der Waals surface area contributed by atoms with E-state index in [1.54, 1.807) is 6.92 Å². The lowest BCUT2D eigenvalue weighted by atomic mass is 10.4. The molecule has 0 aromatic carbocycles. The Bertz CT molecular complexity index is 486. The van der Waals surface area contributed by atoms with Crippen LogP contribution in [0.1, 0.15) is 5.69 Å². The van der Waals surface area contributed by atoms with Crippen LogP contribution in [0.3, 0.4) is 0 Å². The average molecular weight is 184 g/mol. The van der Waals surface area contributed by atoms with Crippen molar-refractivity contribution in [1.82, 2.24) is 19.6 Å². The van der Waals surface area contributed by atoms with Gasteiger partial charge in [-0.25, -0.2) is 14.5 Å². The number of aryl methyl sites for hydroxylation is 1. The number of hydrogen-bond donors (Lipinski definition) is 1. The number of nitrogens with one attached hydrogen (secondary N) is 1. The van der Waals surface area contributed by atoms with Gasteiger partial charge in [0.2, 0.25) is 4.77 Å². The lowest BCUT2D eigenvalue weighted by Crippen LogP contribution is -1.97. The average Bonchev–Trinajstić information content (AvgIpc) is 2.41. The van der Waals surface area contributed by atoms with E-state index in [9.17, 15) is 4.39 Å². The van der Waals surface area contributed by atoms with Gasteiger partial charge in [-0.3, -0.25) is 4.40 Å². The SMILES string of the molecule is Cc1c(F)cnc2n[nH]c(=S)n12. The molecule has 0 saturated carbocycles. The van der Waals surface area contributed by atoms with Crippen LogP contribution in [0.2, 0.25) is 0 Å². The summed E-state index contributed by atoms with van der Waals surface area (Å²) >= 11 is 4.87. The smallest absolute Gasteiger partial charge is 0.253 e. The summed E-state index contributed by atoms with van der Waals surface area (Å²) in [5.41, 5.74) is 0.416. The van der Waals surface area contributed by atoms with Gasteiger partial charge in [-0.1, -0.05) is 0 Å². The number of aromatic amines is 1. The van der Waals surface area contributed by atoms with E-state index in [-0.39, 0.29) is 5.82 Å². The Morgan fingerprint density at radius 1 is 1.67 bits per heavy atom. The van der Waals surface area contributed by atoms with Gasteiger partial charge in [0, 0.05) is 0 Å². The molecule has 2 aromatic heterocycles. The summed E-state index contributed by atoms with van der Waals surface area (Å²) in [6.45, 7) is 1.62.